The maximum absolute atomic E-state index is 14.7. The molecule has 0 bridgehead atoms. The molecule has 2 N–H and O–H groups in total. The Labute approximate surface area is 224 Å². The maximum atomic E-state index is 14.7. The van der Waals surface area contributed by atoms with Gasteiger partial charge in [0.2, 0.25) is 0 Å². The minimum absolute atomic E-state index is 0.0504. The number of rotatable bonds is 7. The zero-order chi connectivity index (χ0) is 28.4. The van der Waals surface area contributed by atoms with Crippen molar-refractivity contribution in [3.8, 4) is 17.6 Å². The summed E-state index contributed by atoms with van der Waals surface area (Å²) >= 11 is 0. The van der Waals surface area contributed by atoms with Crippen LogP contribution in [0.25, 0.3) is 10.9 Å². The predicted molar refractivity (Wildman–Crippen MR) is 142 cm³/mol. The highest BCUT2D eigenvalue weighted by atomic mass is 32.2. The lowest BCUT2D eigenvalue weighted by molar-refractivity contribution is -0.140. The number of fused-ring (bicyclic) bond motifs is 1. The van der Waals surface area contributed by atoms with E-state index in [0.29, 0.717) is 35.3 Å². The predicted octanol–water partition coefficient (Wildman–Crippen LogP) is 5.01. The van der Waals surface area contributed by atoms with Crippen molar-refractivity contribution in [1.29, 1.82) is 0 Å². The molecule has 12 heteroatoms. The maximum Gasteiger partial charge on any atom is 0.406 e. The smallest absolute Gasteiger partial charge is 0.406 e. The SMILES string of the molecule is COc1cc(S(C)(=O)=O)ccc1NCC#Cc1cc2c(N[C@@]3(C)CCOC[C@H]3F)cccc2n1CC(F)(F)F. The molecule has 2 aromatic carbocycles. The van der Waals surface area contributed by atoms with Crippen LogP contribution in [0.5, 0.6) is 5.75 Å². The number of methoxy groups -OCH3 is 1. The van der Waals surface area contributed by atoms with E-state index in [1.165, 1.54) is 25.3 Å². The molecule has 1 aliphatic heterocycles. The van der Waals surface area contributed by atoms with Crippen LogP contribution in [0.2, 0.25) is 0 Å². The van der Waals surface area contributed by atoms with Gasteiger partial charge >= 0.3 is 6.18 Å². The summed E-state index contributed by atoms with van der Waals surface area (Å²) in [5, 5.41) is 6.70. The third-order valence-corrected chi connectivity index (χ3v) is 7.72. The average molecular weight is 568 g/mol. The molecule has 1 saturated heterocycles. The fourth-order valence-corrected chi connectivity index (χ4v) is 5.07. The number of hydrogen-bond donors (Lipinski definition) is 2. The summed E-state index contributed by atoms with van der Waals surface area (Å²) < 4.78 is 90.3. The number of ether oxygens (including phenoxy) is 2. The molecule has 1 aromatic heterocycles. The highest BCUT2D eigenvalue weighted by molar-refractivity contribution is 7.90. The number of benzene rings is 2. The topological polar surface area (TPSA) is 81.6 Å². The van der Waals surface area contributed by atoms with Gasteiger partial charge in [0, 0.05) is 30.0 Å². The van der Waals surface area contributed by atoms with Gasteiger partial charge in [-0.2, -0.15) is 13.2 Å². The molecule has 39 heavy (non-hydrogen) atoms. The minimum atomic E-state index is -4.49. The van der Waals surface area contributed by atoms with E-state index >= 15 is 0 Å². The molecule has 0 amide bonds. The number of alkyl halides is 4. The van der Waals surface area contributed by atoms with E-state index < -0.39 is 34.3 Å². The van der Waals surface area contributed by atoms with Gasteiger partial charge < -0.3 is 24.7 Å². The lowest BCUT2D eigenvalue weighted by Crippen LogP contribution is -2.50. The van der Waals surface area contributed by atoms with Crippen molar-refractivity contribution >= 4 is 32.1 Å². The van der Waals surface area contributed by atoms with E-state index in [1.54, 1.807) is 31.2 Å². The number of aromatic nitrogens is 1. The summed E-state index contributed by atoms with van der Waals surface area (Å²) in [6.07, 6.45) is -4.29. The second kappa shape index (κ2) is 11.0. The van der Waals surface area contributed by atoms with Gasteiger partial charge in [0.25, 0.3) is 0 Å². The van der Waals surface area contributed by atoms with Crippen molar-refractivity contribution in [3.05, 3.63) is 48.2 Å². The molecule has 1 aliphatic rings. The summed E-state index contributed by atoms with van der Waals surface area (Å²) in [6.45, 7) is 0.860. The fraction of sp³-hybridized carbons (Fsp3) is 0.407. The second-order valence-corrected chi connectivity index (χ2v) is 11.6. The summed E-state index contributed by atoms with van der Waals surface area (Å²) in [4.78, 5) is 0.0887. The minimum Gasteiger partial charge on any atom is -0.495 e. The Morgan fingerprint density at radius 1 is 1.21 bits per heavy atom. The molecule has 0 saturated carbocycles. The van der Waals surface area contributed by atoms with Gasteiger partial charge in [0.15, 0.2) is 9.84 Å². The molecule has 1 fully saturated rings. The Kier molecular flexibility index (Phi) is 8.04. The summed E-state index contributed by atoms with van der Waals surface area (Å²) in [5.74, 6) is 5.93. The first-order chi connectivity index (χ1) is 18.3. The van der Waals surface area contributed by atoms with Crippen molar-refractivity contribution < 1.29 is 35.5 Å². The van der Waals surface area contributed by atoms with Crippen LogP contribution < -0.4 is 15.4 Å². The number of sulfone groups is 1. The summed E-state index contributed by atoms with van der Waals surface area (Å²) in [5.41, 5.74) is 0.523. The Morgan fingerprint density at radius 2 is 1.97 bits per heavy atom. The molecule has 0 unspecified atom stereocenters. The lowest BCUT2D eigenvalue weighted by atomic mass is 9.90. The molecule has 2 heterocycles. The normalized spacial score (nSPS) is 19.8. The third-order valence-electron chi connectivity index (χ3n) is 6.61. The van der Waals surface area contributed by atoms with Gasteiger partial charge in [0.05, 0.1) is 47.6 Å². The Balaban J connectivity index is 1.64. The number of nitrogens with one attached hydrogen (secondary N) is 2. The van der Waals surface area contributed by atoms with Crippen LogP contribution in [0.3, 0.4) is 0 Å². The van der Waals surface area contributed by atoms with E-state index in [-0.39, 0.29) is 29.5 Å². The van der Waals surface area contributed by atoms with Crippen LogP contribution in [0.15, 0.2) is 47.4 Å². The fourth-order valence-electron chi connectivity index (χ4n) is 4.43. The van der Waals surface area contributed by atoms with Crippen molar-refractivity contribution in [2.45, 2.75) is 42.7 Å². The van der Waals surface area contributed by atoms with Crippen LogP contribution in [-0.2, 0) is 21.1 Å². The second-order valence-electron chi connectivity index (χ2n) is 9.59. The molecular weight excluding hydrogens is 538 g/mol. The van der Waals surface area contributed by atoms with Gasteiger partial charge in [-0.15, -0.1) is 0 Å². The number of nitrogens with zero attached hydrogens (tertiary/aromatic N) is 1. The van der Waals surface area contributed by atoms with E-state index in [2.05, 4.69) is 22.5 Å². The quantitative estimate of drug-likeness (QED) is 0.309. The van der Waals surface area contributed by atoms with Crippen LogP contribution in [0, 0.1) is 11.8 Å². The largest absolute Gasteiger partial charge is 0.495 e. The highest BCUT2D eigenvalue weighted by Gasteiger charge is 2.38. The van der Waals surface area contributed by atoms with E-state index in [0.717, 1.165) is 10.8 Å². The molecule has 210 valence electrons. The van der Waals surface area contributed by atoms with E-state index in [1.807, 2.05) is 0 Å². The van der Waals surface area contributed by atoms with Gasteiger partial charge in [-0.3, -0.25) is 0 Å². The van der Waals surface area contributed by atoms with Crippen molar-refractivity contribution in [2.24, 2.45) is 0 Å². The molecule has 0 aliphatic carbocycles. The molecule has 0 radical (unpaired) electrons. The Hall–Kier alpha value is -3.43. The van der Waals surface area contributed by atoms with Gasteiger partial charge in [-0.05, 0) is 49.6 Å². The van der Waals surface area contributed by atoms with Crippen molar-refractivity contribution in [2.75, 3.05) is 43.8 Å². The average Bonchev–Trinajstić information content (AvgIpc) is 3.20. The number of hydrogen-bond acceptors (Lipinski definition) is 6. The van der Waals surface area contributed by atoms with Crippen LogP contribution in [0.1, 0.15) is 19.0 Å². The highest BCUT2D eigenvalue weighted by Crippen LogP contribution is 2.34. The van der Waals surface area contributed by atoms with Gasteiger partial charge in [0.1, 0.15) is 18.5 Å². The molecule has 0 spiro atoms. The summed E-state index contributed by atoms with van der Waals surface area (Å²) in [7, 11) is -2.03. The van der Waals surface area contributed by atoms with Crippen LogP contribution in [-0.4, -0.2) is 64.0 Å². The zero-order valence-electron chi connectivity index (χ0n) is 21.7. The van der Waals surface area contributed by atoms with E-state index in [4.69, 9.17) is 9.47 Å². The number of anilines is 2. The van der Waals surface area contributed by atoms with Gasteiger partial charge in [-0.1, -0.05) is 12.0 Å². The molecular formula is C27H29F4N3O4S. The molecule has 7 nitrogen and oxygen atoms in total. The lowest BCUT2D eigenvalue weighted by Gasteiger charge is -2.38. The van der Waals surface area contributed by atoms with Crippen molar-refractivity contribution in [1.82, 2.24) is 4.57 Å². The third kappa shape index (κ3) is 6.59. The van der Waals surface area contributed by atoms with Crippen LogP contribution >= 0.6 is 0 Å². The molecule has 4 rings (SSSR count). The standard InChI is InChI=1S/C27H29F4N3O4S/c1-26(11-13-38-16-25(26)28)33-21-7-4-8-23-20(21)14-18(34(23)17-27(29,30)31)6-5-12-32-22-10-9-19(39(3,35)36)15-24(22)37-2/h4,7-10,14-15,25,32-33H,11-13,16-17H2,1-3H3/t25-,26+/m1/s1. The first kappa shape index (κ1) is 28.6. The zero-order valence-corrected chi connectivity index (χ0v) is 22.5. The summed E-state index contributed by atoms with van der Waals surface area (Å²) in [6, 6.07) is 10.8. The first-order valence-electron chi connectivity index (χ1n) is 12.1. The first-order valence-corrected chi connectivity index (χ1v) is 14.0. The monoisotopic (exact) mass is 567 g/mol. The Morgan fingerprint density at radius 3 is 2.64 bits per heavy atom. The number of halogens is 4. The van der Waals surface area contributed by atoms with Gasteiger partial charge in [-0.25, -0.2) is 12.8 Å². The molecule has 2 atom stereocenters. The van der Waals surface area contributed by atoms with Crippen LogP contribution in [0.4, 0.5) is 28.9 Å². The van der Waals surface area contributed by atoms with Crippen molar-refractivity contribution in [3.63, 3.8) is 0 Å². The Bertz CT molecular complexity index is 1530. The molecule has 3 aromatic rings. The van der Waals surface area contributed by atoms with E-state index in [9.17, 15) is 26.0 Å².